The lowest BCUT2D eigenvalue weighted by Gasteiger charge is -2.30. The van der Waals surface area contributed by atoms with E-state index in [-0.39, 0.29) is 16.8 Å². The number of nitrogens with one attached hydrogen (secondary N) is 3. The molecule has 0 spiro atoms. The van der Waals surface area contributed by atoms with Gasteiger partial charge in [-0.05, 0) is 49.2 Å². The molecule has 6 nitrogen and oxygen atoms in total. The Morgan fingerprint density at radius 3 is 2.62 bits per heavy atom. The Balaban J connectivity index is 1.73. The summed E-state index contributed by atoms with van der Waals surface area (Å²) in [5, 5.41) is 6.30. The number of carbonyl (C=O) groups excluding carboxylic acids is 1. The average Bonchev–Trinajstić information content (AvgIpc) is 2.64. The van der Waals surface area contributed by atoms with Gasteiger partial charge in [-0.1, -0.05) is 31.2 Å². The first-order chi connectivity index (χ1) is 12.5. The van der Waals surface area contributed by atoms with Crippen LogP contribution in [0.15, 0.2) is 59.5 Å². The van der Waals surface area contributed by atoms with Gasteiger partial charge >= 0.3 is 0 Å². The molecule has 2 unspecified atom stereocenters. The lowest BCUT2D eigenvalue weighted by molar-refractivity contribution is 0.0915. The van der Waals surface area contributed by atoms with Crippen LogP contribution in [0.3, 0.4) is 0 Å². The van der Waals surface area contributed by atoms with Crippen LogP contribution in [0.2, 0.25) is 0 Å². The maximum absolute atomic E-state index is 12.5. The van der Waals surface area contributed by atoms with Crippen molar-refractivity contribution in [2.75, 3.05) is 17.8 Å². The minimum absolute atomic E-state index is 0.0703. The maximum Gasteiger partial charge on any atom is 0.261 e. The number of hydrogen-bond acceptors (Lipinski definition) is 4. The van der Waals surface area contributed by atoms with E-state index < -0.39 is 10.0 Å². The molecule has 0 aromatic heterocycles. The van der Waals surface area contributed by atoms with Crippen molar-refractivity contribution in [2.45, 2.75) is 24.3 Å². The molecule has 7 heteroatoms. The summed E-state index contributed by atoms with van der Waals surface area (Å²) in [6, 6.07) is 14.7. The van der Waals surface area contributed by atoms with E-state index in [2.05, 4.69) is 22.3 Å². The summed E-state index contributed by atoms with van der Waals surface area (Å²) in [5.41, 5.74) is 0.785. The Bertz CT molecular complexity index is 869. The monoisotopic (exact) mass is 373 g/mol. The molecular formula is C19H23N3O3S. The Morgan fingerprint density at radius 2 is 1.88 bits per heavy atom. The van der Waals surface area contributed by atoms with E-state index in [4.69, 9.17) is 0 Å². The topological polar surface area (TPSA) is 87.3 Å². The van der Waals surface area contributed by atoms with E-state index in [1.807, 2.05) is 0 Å². The van der Waals surface area contributed by atoms with Crippen LogP contribution in [-0.4, -0.2) is 33.5 Å². The Labute approximate surface area is 154 Å². The van der Waals surface area contributed by atoms with Gasteiger partial charge in [-0.25, -0.2) is 8.42 Å². The minimum atomic E-state index is -3.68. The molecule has 0 saturated carbocycles. The summed E-state index contributed by atoms with van der Waals surface area (Å²) in [4.78, 5) is 12.7. The summed E-state index contributed by atoms with van der Waals surface area (Å²) in [5.74, 6) is 0.200. The number of sulfonamides is 1. The number of benzene rings is 2. The first kappa shape index (κ1) is 18.4. The van der Waals surface area contributed by atoms with E-state index in [0.29, 0.717) is 17.2 Å². The zero-order valence-corrected chi connectivity index (χ0v) is 15.4. The summed E-state index contributed by atoms with van der Waals surface area (Å²) in [7, 11) is -3.68. The Hall–Kier alpha value is -2.38. The van der Waals surface area contributed by atoms with Crippen molar-refractivity contribution in [2.24, 2.45) is 5.92 Å². The van der Waals surface area contributed by atoms with Crippen LogP contribution >= 0.6 is 0 Å². The smallest absolute Gasteiger partial charge is 0.261 e. The first-order valence-electron chi connectivity index (χ1n) is 8.65. The van der Waals surface area contributed by atoms with Gasteiger partial charge in [-0.3, -0.25) is 9.52 Å². The Morgan fingerprint density at radius 1 is 1.12 bits per heavy atom. The number of piperidine rings is 1. The van der Waals surface area contributed by atoms with Crippen LogP contribution in [-0.2, 0) is 10.0 Å². The van der Waals surface area contributed by atoms with Crippen molar-refractivity contribution < 1.29 is 13.2 Å². The van der Waals surface area contributed by atoms with Crippen molar-refractivity contribution in [1.82, 2.24) is 10.6 Å². The highest BCUT2D eigenvalue weighted by Gasteiger charge is 2.23. The summed E-state index contributed by atoms with van der Waals surface area (Å²) in [6.45, 7) is 3.83. The van der Waals surface area contributed by atoms with Gasteiger partial charge in [0.1, 0.15) is 0 Å². The highest BCUT2D eigenvalue weighted by Crippen LogP contribution is 2.18. The van der Waals surface area contributed by atoms with Crippen molar-refractivity contribution in [3.8, 4) is 0 Å². The lowest BCUT2D eigenvalue weighted by Crippen LogP contribution is -2.50. The third-order valence-corrected chi connectivity index (χ3v) is 5.97. The molecule has 3 N–H and O–H groups in total. The predicted molar refractivity (Wildman–Crippen MR) is 102 cm³/mol. The molecule has 2 atom stereocenters. The van der Waals surface area contributed by atoms with Crippen molar-refractivity contribution in [3.63, 3.8) is 0 Å². The number of carbonyl (C=O) groups is 1. The normalized spacial score (nSPS) is 20.3. The van der Waals surface area contributed by atoms with Crippen LogP contribution in [0.1, 0.15) is 23.7 Å². The highest BCUT2D eigenvalue weighted by atomic mass is 32.2. The van der Waals surface area contributed by atoms with Crippen LogP contribution in [0.4, 0.5) is 5.69 Å². The fourth-order valence-corrected chi connectivity index (χ4v) is 4.04. The van der Waals surface area contributed by atoms with E-state index >= 15 is 0 Å². The molecule has 1 fully saturated rings. The second-order valence-corrected chi connectivity index (χ2v) is 8.23. The number of hydrogen-bond donors (Lipinski definition) is 3. The number of amides is 1. The molecule has 1 amide bonds. The highest BCUT2D eigenvalue weighted by molar-refractivity contribution is 7.92. The average molecular weight is 373 g/mol. The van der Waals surface area contributed by atoms with E-state index in [1.165, 1.54) is 12.1 Å². The van der Waals surface area contributed by atoms with Gasteiger partial charge in [-0.2, -0.15) is 0 Å². The second-order valence-electron chi connectivity index (χ2n) is 6.55. The van der Waals surface area contributed by atoms with E-state index in [1.54, 1.807) is 42.5 Å². The quantitative estimate of drug-likeness (QED) is 0.750. The largest absolute Gasteiger partial charge is 0.348 e. The summed E-state index contributed by atoms with van der Waals surface area (Å²) < 4.78 is 27.4. The zero-order valence-electron chi connectivity index (χ0n) is 14.6. The second kappa shape index (κ2) is 7.88. The van der Waals surface area contributed by atoms with Crippen LogP contribution in [0.25, 0.3) is 0 Å². The van der Waals surface area contributed by atoms with Gasteiger partial charge in [0.2, 0.25) is 0 Å². The third-order valence-electron chi connectivity index (χ3n) is 4.57. The minimum Gasteiger partial charge on any atom is -0.348 e. The predicted octanol–water partition coefficient (Wildman–Crippen LogP) is 2.22. The van der Waals surface area contributed by atoms with Crippen molar-refractivity contribution in [3.05, 3.63) is 60.2 Å². The molecule has 2 aromatic rings. The molecule has 1 aliphatic heterocycles. The SMILES string of the molecule is CC1CCNCC1NC(=O)c1cccc(NS(=O)(=O)c2ccccc2)c1. The van der Waals surface area contributed by atoms with Gasteiger partial charge < -0.3 is 10.6 Å². The van der Waals surface area contributed by atoms with E-state index in [0.717, 1.165) is 19.5 Å². The number of rotatable bonds is 5. The fourth-order valence-electron chi connectivity index (χ4n) is 2.97. The van der Waals surface area contributed by atoms with Gasteiger partial charge in [-0.15, -0.1) is 0 Å². The third kappa shape index (κ3) is 4.42. The van der Waals surface area contributed by atoms with Gasteiger partial charge in [0.05, 0.1) is 4.90 Å². The van der Waals surface area contributed by atoms with Gasteiger partial charge in [0.25, 0.3) is 15.9 Å². The summed E-state index contributed by atoms with van der Waals surface area (Å²) in [6.07, 6.45) is 1.02. The first-order valence-corrected chi connectivity index (χ1v) is 10.1. The number of anilines is 1. The molecule has 26 heavy (non-hydrogen) atoms. The molecule has 1 aliphatic rings. The molecule has 0 aliphatic carbocycles. The molecular weight excluding hydrogens is 350 g/mol. The molecule has 1 heterocycles. The fraction of sp³-hybridized carbons (Fsp3) is 0.316. The van der Waals surface area contributed by atoms with E-state index in [9.17, 15) is 13.2 Å². The molecule has 0 radical (unpaired) electrons. The molecule has 138 valence electrons. The van der Waals surface area contributed by atoms with Gasteiger partial charge in [0, 0.05) is 23.8 Å². The molecule has 3 rings (SSSR count). The van der Waals surface area contributed by atoms with Crippen LogP contribution in [0, 0.1) is 5.92 Å². The molecule has 2 aromatic carbocycles. The van der Waals surface area contributed by atoms with Crippen LogP contribution in [0.5, 0.6) is 0 Å². The Kier molecular flexibility index (Phi) is 5.58. The standard InChI is InChI=1S/C19H23N3O3S/c1-14-10-11-20-13-18(14)21-19(23)15-6-5-7-16(12-15)22-26(24,25)17-8-3-2-4-9-17/h2-9,12,14,18,20,22H,10-11,13H2,1H3,(H,21,23). The molecule has 1 saturated heterocycles. The maximum atomic E-state index is 12.5. The zero-order chi connectivity index (χ0) is 18.6. The lowest BCUT2D eigenvalue weighted by atomic mass is 9.94. The van der Waals surface area contributed by atoms with Crippen molar-refractivity contribution in [1.29, 1.82) is 0 Å². The van der Waals surface area contributed by atoms with Gasteiger partial charge in [0.15, 0.2) is 0 Å². The van der Waals surface area contributed by atoms with Crippen LogP contribution < -0.4 is 15.4 Å². The van der Waals surface area contributed by atoms with Crippen molar-refractivity contribution >= 4 is 21.6 Å². The molecule has 0 bridgehead atoms. The summed E-state index contributed by atoms with van der Waals surface area (Å²) >= 11 is 0.